The highest BCUT2D eigenvalue weighted by Gasteiger charge is 2.20. The molecule has 0 spiro atoms. The maximum Gasteiger partial charge on any atom is 0.341 e. The van der Waals surface area contributed by atoms with Crippen LogP contribution in [0, 0.1) is 6.92 Å². The number of esters is 1. The van der Waals surface area contributed by atoms with Crippen LogP contribution in [0.4, 0.5) is 5.95 Å². The number of aryl methyl sites for hydroxylation is 1. The first kappa shape index (κ1) is 13.5. The number of anilines is 1. The number of ether oxygens (including phenoxy) is 1. The molecule has 2 heterocycles. The molecular formula is C13H17N3O3. The fourth-order valence-corrected chi connectivity index (χ4v) is 2.03. The lowest BCUT2D eigenvalue weighted by atomic mass is 10.1. The van der Waals surface area contributed by atoms with E-state index in [1.807, 2.05) is 4.90 Å². The van der Waals surface area contributed by atoms with Crippen LogP contribution in [-0.4, -0.2) is 41.4 Å². The van der Waals surface area contributed by atoms with Gasteiger partial charge in [-0.2, -0.15) is 0 Å². The second-order valence-corrected chi connectivity index (χ2v) is 4.45. The number of carbonyl (C=O) groups excluding carboxylic acids is 2. The molecule has 6 nitrogen and oxygen atoms in total. The normalized spacial score (nSPS) is 15.5. The van der Waals surface area contributed by atoms with E-state index in [0.29, 0.717) is 36.8 Å². The van der Waals surface area contributed by atoms with E-state index in [-0.39, 0.29) is 5.78 Å². The number of hydrogen-bond donors (Lipinski definition) is 0. The first-order chi connectivity index (χ1) is 9.11. The Morgan fingerprint density at radius 1 is 1.53 bits per heavy atom. The molecule has 0 amide bonds. The topological polar surface area (TPSA) is 72.4 Å². The van der Waals surface area contributed by atoms with Gasteiger partial charge < -0.3 is 9.64 Å². The minimum atomic E-state index is -0.415. The van der Waals surface area contributed by atoms with Gasteiger partial charge in [0, 0.05) is 19.2 Å². The zero-order valence-electron chi connectivity index (χ0n) is 11.2. The van der Waals surface area contributed by atoms with Gasteiger partial charge in [0.05, 0.1) is 24.4 Å². The highest BCUT2D eigenvalue weighted by molar-refractivity contribution is 5.90. The van der Waals surface area contributed by atoms with E-state index in [0.717, 1.165) is 13.0 Å². The number of ketones is 1. The van der Waals surface area contributed by atoms with Crippen molar-refractivity contribution >= 4 is 17.7 Å². The van der Waals surface area contributed by atoms with Crippen molar-refractivity contribution in [3.63, 3.8) is 0 Å². The predicted octanol–water partition coefficient (Wildman–Crippen LogP) is 1.13. The van der Waals surface area contributed by atoms with Crippen molar-refractivity contribution in [1.82, 2.24) is 9.97 Å². The van der Waals surface area contributed by atoms with Gasteiger partial charge in [-0.25, -0.2) is 14.8 Å². The third-order valence-electron chi connectivity index (χ3n) is 3.00. The van der Waals surface area contributed by atoms with Gasteiger partial charge >= 0.3 is 5.97 Å². The molecule has 19 heavy (non-hydrogen) atoms. The molecule has 102 valence electrons. The SMILES string of the molecule is CCOC(=O)c1cnc(N2CCCC(=O)C2)nc1C. The molecule has 0 N–H and O–H groups in total. The average Bonchev–Trinajstić information content (AvgIpc) is 2.38. The monoisotopic (exact) mass is 263 g/mol. The first-order valence-electron chi connectivity index (χ1n) is 6.39. The number of hydrogen-bond acceptors (Lipinski definition) is 6. The highest BCUT2D eigenvalue weighted by atomic mass is 16.5. The summed E-state index contributed by atoms with van der Waals surface area (Å²) < 4.78 is 4.92. The predicted molar refractivity (Wildman–Crippen MR) is 69.2 cm³/mol. The average molecular weight is 263 g/mol. The molecule has 1 aliphatic rings. The zero-order valence-corrected chi connectivity index (χ0v) is 11.2. The molecule has 0 aliphatic carbocycles. The second-order valence-electron chi connectivity index (χ2n) is 4.45. The lowest BCUT2D eigenvalue weighted by Crippen LogP contribution is -2.36. The third kappa shape index (κ3) is 3.07. The molecule has 0 atom stereocenters. The molecule has 1 aliphatic heterocycles. The van der Waals surface area contributed by atoms with E-state index in [9.17, 15) is 9.59 Å². The number of rotatable bonds is 3. The van der Waals surface area contributed by atoms with Crippen molar-refractivity contribution in [2.75, 3.05) is 24.6 Å². The fourth-order valence-electron chi connectivity index (χ4n) is 2.03. The van der Waals surface area contributed by atoms with Gasteiger partial charge in [0.1, 0.15) is 0 Å². The Balaban J connectivity index is 2.18. The van der Waals surface area contributed by atoms with Gasteiger partial charge in [-0.1, -0.05) is 0 Å². The third-order valence-corrected chi connectivity index (χ3v) is 3.00. The quantitative estimate of drug-likeness (QED) is 0.761. The molecule has 0 aromatic carbocycles. The van der Waals surface area contributed by atoms with Crippen LogP contribution in [0.3, 0.4) is 0 Å². The summed E-state index contributed by atoms with van der Waals surface area (Å²) in [4.78, 5) is 33.4. The van der Waals surface area contributed by atoms with Gasteiger partial charge in [0.15, 0.2) is 5.78 Å². The summed E-state index contributed by atoms with van der Waals surface area (Å²) in [7, 11) is 0. The molecule has 1 fully saturated rings. The van der Waals surface area contributed by atoms with E-state index in [1.165, 1.54) is 6.20 Å². The largest absolute Gasteiger partial charge is 0.462 e. The maximum atomic E-state index is 11.6. The fraction of sp³-hybridized carbons (Fsp3) is 0.538. The molecule has 1 saturated heterocycles. The van der Waals surface area contributed by atoms with Gasteiger partial charge in [0.2, 0.25) is 5.95 Å². The minimum Gasteiger partial charge on any atom is -0.462 e. The Morgan fingerprint density at radius 3 is 2.95 bits per heavy atom. The lowest BCUT2D eigenvalue weighted by molar-refractivity contribution is -0.118. The van der Waals surface area contributed by atoms with Crippen LogP contribution < -0.4 is 4.90 Å². The van der Waals surface area contributed by atoms with Crippen LogP contribution in [0.25, 0.3) is 0 Å². The zero-order chi connectivity index (χ0) is 13.8. The van der Waals surface area contributed by atoms with Crippen molar-refractivity contribution in [2.45, 2.75) is 26.7 Å². The molecule has 0 bridgehead atoms. The Kier molecular flexibility index (Phi) is 4.09. The number of carbonyl (C=O) groups is 2. The van der Waals surface area contributed by atoms with Crippen molar-refractivity contribution < 1.29 is 14.3 Å². The van der Waals surface area contributed by atoms with Crippen LogP contribution in [0.5, 0.6) is 0 Å². The van der Waals surface area contributed by atoms with E-state index in [2.05, 4.69) is 9.97 Å². The number of piperidine rings is 1. The summed E-state index contributed by atoms with van der Waals surface area (Å²) in [5.41, 5.74) is 0.940. The number of aromatic nitrogens is 2. The van der Waals surface area contributed by atoms with Gasteiger partial charge in [-0.05, 0) is 20.3 Å². The molecular weight excluding hydrogens is 246 g/mol. The standard InChI is InChI=1S/C13H17N3O3/c1-3-19-12(18)11-7-14-13(15-9(11)2)16-6-4-5-10(17)8-16/h7H,3-6,8H2,1-2H3. The van der Waals surface area contributed by atoms with Crippen LogP contribution in [0.15, 0.2) is 6.20 Å². The smallest absolute Gasteiger partial charge is 0.341 e. The molecule has 6 heteroatoms. The van der Waals surface area contributed by atoms with Gasteiger partial charge in [-0.15, -0.1) is 0 Å². The molecule has 1 aromatic heterocycles. The minimum absolute atomic E-state index is 0.196. The maximum absolute atomic E-state index is 11.6. The van der Waals surface area contributed by atoms with Crippen molar-refractivity contribution in [3.05, 3.63) is 17.5 Å². The van der Waals surface area contributed by atoms with E-state index in [1.54, 1.807) is 13.8 Å². The van der Waals surface area contributed by atoms with E-state index >= 15 is 0 Å². The summed E-state index contributed by atoms with van der Waals surface area (Å²) in [6.45, 7) is 4.92. The Labute approximate surface area is 111 Å². The van der Waals surface area contributed by atoms with E-state index in [4.69, 9.17) is 4.74 Å². The molecule has 2 rings (SSSR count). The van der Waals surface area contributed by atoms with Crippen molar-refractivity contribution in [1.29, 1.82) is 0 Å². The Hall–Kier alpha value is -1.98. The van der Waals surface area contributed by atoms with Crippen molar-refractivity contribution in [3.8, 4) is 0 Å². The first-order valence-corrected chi connectivity index (χ1v) is 6.39. The van der Waals surface area contributed by atoms with Crippen LogP contribution >= 0.6 is 0 Å². The van der Waals surface area contributed by atoms with Crippen molar-refractivity contribution in [2.24, 2.45) is 0 Å². The molecule has 0 unspecified atom stereocenters. The van der Waals surface area contributed by atoms with E-state index < -0.39 is 5.97 Å². The second kappa shape index (κ2) is 5.77. The summed E-state index contributed by atoms with van der Waals surface area (Å²) in [5, 5.41) is 0. The molecule has 0 saturated carbocycles. The number of nitrogens with zero attached hydrogens (tertiary/aromatic N) is 3. The number of Topliss-reactive ketones (excluding diaryl/α,β-unsaturated/α-hetero) is 1. The van der Waals surface area contributed by atoms with Crippen LogP contribution in [0.1, 0.15) is 35.8 Å². The van der Waals surface area contributed by atoms with Crippen LogP contribution in [-0.2, 0) is 9.53 Å². The summed E-state index contributed by atoms with van der Waals surface area (Å²) in [5.74, 6) is 0.279. The van der Waals surface area contributed by atoms with Crippen LogP contribution in [0.2, 0.25) is 0 Å². The summed E-state index contributed by atoms with van der Waals surface area (Å²) in [6, 6.07) is 0. The van der Waals surface area contributed by atoms with Gasteiger partial charge in [-0.3, -0.25) is 4.79 Å². The highest BCUT2D eigenvalue weighted by Crippen LogP contribution is 2.16. The summed E-state index contributed by atoms with van der Waals surface area (Å²) >= 11 is 0. The summed E-state index contributed by atoms with van der Waals surface area (Å²) in [6.07, 6.45) is 2.91. The molecule has 0 radical (unpaired) electrons. The molecule has 1 aromatic rings. The Morgan fingerprint density at radius 2 is 2.32 bits per heavy atom. The lowest BCUT2D eigenvalue weighted by Gasteiger charge is -2.25. The van der Waals surface area contributed by atoms with Gasteiger partial charge in [0.25, 0.3) is 0 Å². The Bertz CT molecular complexity index is 502.